The zero-order valence-electron chi connectivity index (χ0n) is 4.76. The highest BCUT2D eigenvalue weighted by Crippen LogP contribution is 2.20. The molecule has 0 aromatic carbocycles. The largest absolute Gasteiger partial charge is 0.354 e. The summed E-state index contributed by atoms with van der Waals surface area (Å²) in [6, 6.07) is 0. The molecule has 1 nitrogen and oxygen atoms in total. The van der Waals surface area contributed by atoms with Crippen molar-refractivity contribution >= 4 is 41.4 Å². The fourth-order valence-corrected chi connectivity index (χ4v) is 0.674. The van der Waals surface area contributed by atoms with E-state index in [1.54, 1.807) is 0 Å². The van der Waals surface area contributed by atoms with Gasteiger partial charge in [-0.05, 0) is 6.92 Å². The SMILES string of the molecule is C/C=C\COPP.I. The molecule has 0 saturated heterocycles. The average molecular weight is 264 g/mol. The molecular weight excluding hydrogens is 253 g/mol. The normalized spacial score (nSPS) is 10.8. The maximum absolute atomic E-state index is 4.98. The van der Waals surface area contributed by atoms with Gasteiger partial charge in [0.25, 0.3) is 0 Å². The Morgan fingerprint density at radius 3 is 2.75 bits per heavy atom. The van der Waals surface area contributed by atoms with E-state index < -0.39 is 0 Å². The molecule has 8 heavy (non-hydrogen) atoms. The molecule has 50 valence electrons. The van der Waals surface area contributed by atoms with Crippen LogP contribution in [-0.4, -0.2) is 6.61 Å². The fourth-order valence-electron chi connectivity index (χ4n) is 0.192. The smallest absolute Gasteiger partial charge is 0.0691 e. The Morgan fingerprint density at radius 1 is 1.75 bits per heavy atom. The van der Waals surface area contributed by atoms with Gasteiger partial charge in [-0.25, -0.2) is 0 Å². The van der Waals surface area contributed by atoms with Crippen molar-refractivity contribution in [2.24, 2.45) is 0 Å². The molecule has 0 bridgehead atoms. The van der Waals surface area contributed by atoms with Crippen molar-refractivity contribution in [3.8, 4) is 0 Å². The molecular formula is C4H11IOP2. The predicted molar refractivity (Wildman–Crippen MR) is 54.2 cm³/mol. The molecule has 4 heteroatoms. The van der Waals surface area contributed by atoms with Crippen LogP contribution in [0.3, 0.4) is 0 Å². The molecule has 0 aliphatic heterocycles. The van der Waals surface area contributed by atoms with Crippen LogP contribution in [0, 0.1) is 0 Å². The minimum absolute atomic E-state index is 0. The van der Waals surface area contributed by atoms with E-state index in [1.165, 1.54) is 0 Å². The summed E-state index contributed by atoms with van der Waals surface area (Å²) in [4.78, 5) is 0. The maximum Gasteiger partial charge on any atom is 0.0691 e. The Kier molecular flexibility index (Phi) is 16.7. The maximum atomic E-state index is 4.98. The summed E-state index contributed by atoms with van der Waals surface area (Å²) >= 11 is 0. The van der Waals surface area contributed by atoms with Crippen molar-refractivity contribution in [3.63, 3.8) is 0 Å². The second-order valence-electron chi connectivity index (χ2n) is 0.998. The molecule has 0 amide bonds. The summed E-state index contributed by atoms with van der Waals surface area (Å²) in [5.41, 5.74) is 0. The van der Waals surface area contributed by atoms with Crippen molar-refractivity contribution in [1.29, 1.82) is 0 Å². The van der Waals surface area contributed by atoms with Gasteiger partial charge in [0, 0.05) is 8.50 Å². The fraction of sp³-hybridized carbons (Fsp3) is 0.500. The van der Waals surface area contributed by atoms with Crippen LogP contribution in [0.25, 0.3) is 0 Å². The van der Waals surface area contributed by atoms with Crippen molar-refractivity contribution < 1.29 is 4.52 Å². The Bertz CT molecular complexity index is 58.0. The van der Waals surface area contributed by atoms with Gasteiger partial charge >= 0.3 is 0 Å². The number of allylic oxidation sites excluding steroid dienone is 1. The predicted octanol–water partition coefficient (Wildman–Crippen LogP) is 2.58. The zero-order valence-corrected chi connectivity index (χ0v) is 9.24. The molecule has 2 atom stereocenters. The Morgan fingerprint density at radius 2 is 2.38 bits per heavy atom. The molecule has 2 unspecified atom stereocenters. The summed E-state index contributed by atoms with van der Waals surface area (Å²) in [6.07, 6.45) is 3.96. The minimum atomic E-state index is 0. The lowest BCUT2D eigenvalue weighted by atomic mass is 10.6. The third kappa shape index (κ3) is 10.3. The lowest BCUT2D eigenvalue weighted by molar-refractivity contribution is 0.424. The van der Waals surface area contributed by atoms with E-state index in [2.05, 4.69) is 8.93 Å². The number of halogens is 1. The molecule has 0 spiro atoms. The molecule has 0 rings (SSSR count). The number of hydrogen-bond acceptors (Lipinski definition) is 1. The van der Waals surface area contributed by atoms with E-state index in [9.17, 15) is 0 Å². The average Bonchev–Trinajstić information content (AvgIpc) is 1.69. The third-order valence-corrected chi connectivity index (χ3v) is 1.33. The quantitative estimate of drug-likeness (QED) is 0.329. The Hall–Kier alpha value is 1.29. The summed E-state index contributed by atoms with van der Waals surface area (Å²) in [6.45, 7) is 2.73. The van der Waals surface area contributed by atoms with E-state index in [0.29, 0.717) is 8.50 Å². The molecule has 0 heterocycles. The molecule has 0 N–H and O–H groups in total. The lowest BCUT2D eigenvalue weighted by Gasteiger charge is -1.89. The standard InChI is InChI=1S/C4H10OP2.HI/c1-2-3-4-5-7-6;/h2-3,7H,4,6H2,1H3;1H/b3-2-;. The van der Waals surface area contributed by atoms with Gasteiger partial charge in [-0.2, -0.15) is 0 Å². The van der Waals surface area contributed by atoms with E-state index in [0.717, 1.165) is 6.61 Å². The van der Waals surface area contributed by atoms with Gasteiger partial charge in [0.05, 0.1) is 6.61 Å². The summed E-state index contributed by atoms with van der Waals surface area (Å²) in [5, 5.41) is 0. The van der Waals surface area contributed by atoms with Crippen LogP contribution >= 0.6 is 41.4 Å². The highest BCUT2D eigenvalue weighted by Gasteiger charge is 1.70. The van der Waals surface area contributed by atoms with Gasteiger partial charge in [-0.1, -0.05) is 21.1 Å². The highest BCUT2D eigenvalue weighted by molar-refractivity contribution is 14.0. The van der Waals surface area contributed by atoms with Crippen LogP contribution in [0.1, 0.15) is 6.92 Å². The molecule has 0 radical (unpaired) electrons. The van der Waals surface area contributed by atoms with Crippen molar-refractivity contribution in [1.82, 2.24) is 0 Å². The summed E-state index contributed by atoms with van der Waals surface area (Å²) in [5.74, 6) is 0. The van der Waals surface area contributed by atoms with E-state index in [1.807, 2.05) is 19.1 Å². The van der Waals surface area contributed by atoms with Gasteiger partial charge in [-0.15, -0.1) is 24.0 Å². The molecule has 0 aliphatic carbocycles. The van der Waals surface area contributed by atoms with Crippen LogP contribution in [-0.2, 0) is 4.52 Å². The Labute approximate surface area is 71.6 Å². The Balaban J connectivity index is 0. The van der Waals surface area contributed by atoms with Crippen molar-refractivity contribution in [2.75, 3.05) is 6.61 Å². The topological polar surface area (TPSA) is 9.23 Å². The summed E-state index contributed by atoms with van der Waals surface area (Å²) < 4.78 is 4.98. The van der Waals surface area contributed by atoms with Crippen molar-refractivity contribution in [3.05, 3.63) is 12.2 Å². The first-order valence-corrected chi connectivity index (χ1v) is 4.82. The van der Waals surface area contributed by atoms with Gasteiger partial charge in [-0.3, -0.25) is 0 Å². The monoisotopic (exact) mass is 264 g/mol. The van der Waals surface area contributed by atoms with Crippen LogP contribution in [0.5, 0.6) is 0 Å². The molecule has 0 aromatic heterocycles. The van der Waals surface area contributed by atoms with E-state index in [-0.39, 0.29) is 24.0 Å². The minimum Gasteiger partial charge on any atom is -0.354 e. The van der Waals surface area contributed by atoms with Crippen LogP contribution in [0.15, 0.2) is 12.2 Å². The third-order valence-electron chi connectivity index (χ3n) is 0.499. The second kappa shape index (κ2) is 11.1. The summed E-state index contributed by atoms with van der Waals surface area (Å²) in [7, 11) is 3.05. The highest BCUT2D eigenvalue weighted by atomic mass is 127. The first-order valence-electron chi connectivity index (χ1n) is 2.10. The number of rotatable bonds is 3. The van der Waals surface area contributed by atoms with Gasteiger partial charge < -0.3 is 4.52 Å². The van der Waals surface area contributed by atoms with Crippen LogP contribution in [0.2, 0.25) is 0 Å². The van der Waals surface area contributed by atoms with E-state index in [4.69, 9.17) is 4.52 Å². The molecule has 0 aromatic rings. The van der Waals surface area contributed by atoms with Gasteiger partial charge in [0.1, 0.15) is 0 Å². The lowest BCUT2D eigenvalue weighted by Crippen LogP contribution is -1.71. The van der Waals surface area contributed by atoms with Gasteiger partial charge in [0.2, 0.25) is 0 Å². The van der Waals surface area contributed by atoms with Crippen molar-refractivity contribution in [2.45, 2.75) is 6.92 Å². The second-order valence-corrected chi connectivity index (χ2v) is 2.23. The zero-order chi connectivity index (χ0) is 5.54. The van der Waals surface area contributed by atoms with Crippen LogP contribution < -0.4 is 0 Å². The molecule has 0 saturated carbocycles. The van der Waals surface area contributed by atoms with Crippen LogP contribution in [0.4, 0.5) is 0 Å². The molecule has 0 aliphatic rings. The molecule has 0 fully saturated rings. The number of hydrogen-bond donors (Lipinski definition) is 0. The van der Waals surface area contributed by atoms with Gasteiger partial charge in [0.15, 0.2) is 0 Å². The van der Waals surface area contributed by atoms with E-state index >= 15 is 0 Å². The first kappa shape index (κ1) is 12.0. The first-order chi connectivity index (χ1) is 3.41.